The van der Waals surface area contributed by atoms with E-state index in [1.165, 1.54) is 0 Å². The zero-order chi connectivity index (χ0) is 5.91. The smallest absolute Gasteiger partial charge is 0.165 e. The molecule has 0 saturated heterocycles. The highest BCUT2D eigenvalue weighted by Crippen LogP contribution is 2.15. The summed E-state index contributed by atoms with van der Waals surface area (Å²) in [6, 6.07) is 0. The number of hydrogen-bond donors (Lipinski definition) is 1. The molecule has 0 bridgehead atoms. The highest BCUT2D eigenvalue weighted by molar-refractivity contribution is 4.75. The summed E-state index contributed by atoms with van der Waals surface area (Å²) in [5, 5.41) is 8.49. The highest BCUT2D eigenvalue weighted by Gasteiger charge is 2.24. The van der Waals surface area contributed by atoms with Gasteiger partial charge in [-0.3, -0.25) is 0 Å². The summed E-state index contributed by atoms with van der Waals surface area (Å²) < 4.78 is 0. The van der Waals surface area contributed by atoms with Gasteiger partial charge >= 0.3 is 0 Å². The van der Waals surface area contributed by atoms with Crippen LogP contribution in [0.15, 0.2) is 0 Å². The molecule has 0 aliphatic rings. The molecule has 0 aliphatic heterocycles. The van der Waals surface area contributed by atoms with Crippen LogP contribution in [0.3, 0.4) is 0 Å². The van der Waals surface area contributed by atoms with Gasteiger partial charge in [0.05, 0.1) is 20.5 Å². The summed E-state index contributed by atoms with van der Waals surface area (Å²) in [4.78, 5) is 0. The third kappa shape index (κ3) is 2.40. The standard InChI is InChI=1S/C6H12O/c1-4-6(2,3)5-7/h7H,1-2,4-5H2,3H3/q+2. The first kappa shape index (κ1) is 6.70. The average Bonchev–Trinajstić information content (AvgIpc) is 1.68. The van der Waals surface area contributed by atoms with E-state index in [0.717, 1.165) is 0 Å². The van der Waals surface area contributed by atoms with Crippen LogP contribution < -0.4 is 0 Å². The van der Waals surface area contributed by atoms with Crippen molar-refractivity contribution >= 4 is 0 Å². The van der Waals surface area contributed by atoms with Gasteiger partial charge < -0.3 is 5.11 Å². The van der Waals surface area contributed by atoms with E-state index >= 15 is 0 Å². The fourth-order valence-electron chi connectivity index (χ4n) is 0.0791. The molecule has 0 saturated carbocycles. The fourth-order valence-corrected chi connectivity index (χ4v) is 0.0791. The second-order valence-corrected chi connectivity index (χ2v) is 2.22. The van der Waals surface area contributed by atoms with Crippen molar-refractivity contribution in [3.05, 3.63) is 13.8 Å². The Morgan fingerprint density at radius 3 is 2.14 bits per heavy atom. The summed E-state index contributed by atoms with van der Waals surface area (Å²) in [5.74, 6) is 0. The molecule has 1 nitrogen and oxygen atoms in total. The summed E-state index contributed by atoms with van der Waals surface area (Å²) in [5.41, 5.74) is -0.222. The lowest BCUT2D eigenvalue weighted by molar-refractivity contribution is 0.184. The van der Waals surface area contributed by atoms with Gasteiger partial charge in [-0.25, -0.2) is 0 Å². The lowest BCUT2D eigenvalue weighted by Gasteiger charge is -2.04. The van der Waals surface area contributed by atoms with Gasteiger partial charge in [0, 0.05) is 0 Å². The van der Waals surface area contributed by atoms with Crippen molar-refractivity contribution in [1.29, 1.82) is 0 Å². The lowest BCUT2D eigenvalue weighted by Crippen LogP contribution is -2.14. The quantitative estimate of drug-likeness (QED) is 0.514. The van der Waals surface area contributed by atoms with Gasteiger partial charge in [0.25, 0.3) is 0 Å². The summed E-state index contributed by atoms with van der Waals surface area (Å²) in [7, 11) is 0. The molecule has 40 valence electrons. The van der Waals surface area contributed by atoms with Crippen LogP contribution in [0.1, 0.15) is 13.3 Å². The highest BCUT2D eigenvalue weighted by atomic mass is 16.3. The minimum absolute atomic E-state index is 0.122. The molecule has 7 heavy (non-hydrogen) atoms. The normalized spacial score (nSPS) is 18.6. The molecule has 0 aromatic rings. The topological polar surface area (TPSA) is 20.2 Å². The molecule has 1 atom stereocenters. The van der Waals surface area contributed by atoms with E-state index < -0.39 is 0 Å². The predicted molar refractivity (Wildman–Crippen MR) is 30.5 cm³/mol. The number of hydrogen-bond acceptors (Lipinski definition) is 1. The van der Waals surface area contributed by atoms with Crippen LogP contribution in [0.25, 0.3) is 0 Å². The van der Waals surface area contributed by atoms with Gasteiger partial charge in [-0.2, -0.15) is 0 Å². The molecule has 1 N–H and O–H groups in total. The maximum atomic E-state index is 8.49. The Morgan fingerprint density at radius 2 is 2.14 bits per heavy atom. The van der Waals surface area contributed by atoms with Crippen molar-refractivity contribution < 1.29 is 5.11 Å². The van der Waals surface area contributed by atoms with Crippen molar-refractivity contribution in [2.24, 2.45) is 5.41 Å². The molecule has 1 heteroatoms. The minimum atomic E-state index is -0.222. The van der Waals surface area contributed by atoms with E-state index in [0.29, 0.717) is 6.42 Å². The zero-order valence-corrected chi connectivity index (χ0v) is 4.78. The number of aliphatic hydroxyl groups excluding tert-OH is 1. The average molecular weight is 100 g/mol. The second-order valence-electron chi connectivity index (χ2n) is 2.22. The van der Waals surface area contributed by atoms with E-state index in [1.54, 1.807) is 0 Å². The third-order valence-electron chi connectivity index (χ3n) is 0.985. The summed E-state index contributed by atoms with van der Waals surface area (Å²) >= 11 is 0. The van der Waals surface area contributed by atoms with Crippen molar-refractivity contribution in [2.45, 2.75) is 13.3 Å². The van der Waals surface area contributed by atoms with Gasteiger partial charge in [0.15, 0.2) is 5.41 Å². The van der Waals surface area contributed by atoms with Crippen molar-refractivity contribution in [3.8, 4) is 0 Å². The first-order valence-electron chi connectivity index (χ1n) is 2.38. The molecule has 0 spiro atoms. The van der Waals surface area contributed by atoms with Crippen LogP contribution in [-0.4, -0.2) is 11.7 Å². The SMILES string of the molecule is [CH2+]CC([CH2+])(C)CO. The van der Waals surface area contributed by atoms with Crippen LogP contribution >= 0.6 is 0 Å². The van der Waals surface area contributed by atoms with E-state index in [9.17, 15) is 0 Å². The van der Waals surface area contributed by atoms with Crippen LogP contribution in [-0.2, 0) is 0 Å². The maximum Gasteiger partial charge on any atom is 0.165 e. The van der Waals surface area contributed by atoms with Crippen LogP contribution in [0.4, 0.5) is 0 Å². The van der Waals surface area contributed by atoms with Gasteiger partial charge in [-0.05, 0) is 6.92 Å². The molecule has 0 fully saturated rings. The largest absolute Gasteiger partial charge is 0.391 e. The second kappa shape index (κ2) is 2.12. The minimum Gasteiger partial charge on any atom is -0.391 e. The molecular formula is C6H12O+2. The molecule has 0 rings (SSSR count). The Morgan fingerprint density at radius 1 is 1.71 bits per heavy atom. The maximum absolute atomic E-state index is 8.49. The van der Waals surface area contributed by atoms with E-state index in [4.69, 9.17) is 5.11 Å². The van der Waals surface area contributed by atoms with Gasteiger partial charge in [-0.1, -0.05) is 0 Å². The van der Waals surface area contributed by atoms with Crippen LogP contribution in [0, 0.1) is 19.3 Å². The lowest BCUT2D eigenvalue weighted by atomic mass is 9.92. The van der Waals surface area contributed by atoms with Crippen molar-refractivity contribution in [3.63, 3.8) is 0 Å². The van der Waals surface area contributed by atoms with Gasteiger partial charge in [-0.15, -0.1) is 0 Å². The van der Waals surface area contributed by atoms with Crippen LogP contribution in [0.5, 0.6) is 0 Å². The Bertz CT molecular complexity index is 42.1. The first-order chi connectivity index (χ1) is 3.12. The molecule has 0 amide bonds. The molecule has 0 aromatic heterocycles. The molecule has 1 unspecified atom stereocenters. The summed E-state index contributed by atoms with van der Waals surface area (Å²) in [6.45, 7) is 9.30. The monoisotopic (exact) mass is 100 g/mol. The van der Waals surface area contributed by atoms with Crippen LogP contribution in [0.2, 0.25) is 0 Å². The number of aliphatic hydroxyl groups is 1. The molecule has 0 radical (unpaired) electrons. The summed E-state index contributed by atoms with van der Waals surface area (Å²) in [6.07, 6.45) is 0.684. The van der Waals surface area contributed by atoms with Crippen molar-refractivity contribution in [2.75, 3.05) is 6.61 Å². The van der Waals surface area contributed by atoms with E-state index in [1.807, 2.05) is 6.92 Å². The fraction of sp³-hybridized carbons (Fsp3) is 0.667. The van der Waals surface area contributed by atoms with E-state index in [2.05, 4.69) is 13.8 Å². The Hall–Kier alpha value is -0.300. The number of rotatable bonds is 2. The van der Waals surface area contributed by atoms with Gasteiger partial charge in [0.1, 0.15) is 6.42 Å². The molecular weight excluding hydrogens is 88.1 g/mol. The Balaban J connectivity index is 3.36. The molecule has 0 heterocycles. The molecule has 0 aromatic carbocycles. The van der Waals surface area contributed by atoms with E-state index in [-0.39, 0.29) is 12.0 Å². The molecule has 0 aliphatic carbocycles. The Kier molecular flexibility index (Phi) is 2.03. The third-order valence-corrected chi connectivity index (χ3v) is 0.985. The van der Waals surface area contributed by atoms with Gasteiger partial charge in [0.2, 0.25) is 0 Å². The Labute approximate surface area is 45.4 Å². The van der Waals surface area contributed by atoms with Crippen molar-refractivity contribution in [1.82, 2.24) is 0 Å². The predicted octanol–water partition coefficient (Wildman–Crippen LogP) is 1.04. The zero-order valence-electron chi connectivity index (χ0n) is 4.78. The first-order valence-corrected chi connectivity index (χ1v) is 2.38.